The SMILES string of the molecule is CC1C=CC=c2cccnc2=C1. The van der Waals surface area contributed by atoms with E-state index in [1.807, 2.05) is 12.3 Å². The summed E-state index contributed by atoms with van der Waals surface area (Å²) < 4.78 is 0. The van der Waals surface area contributed by atoms with Crippen LogP contribution in [0.15, 0.2) is 30.5 Å². The third-order valence-corrected chi connectivity index (χ3v) is 1.98. The number of fused-ring (bicyclic) bond motifs is 1. The van der Waals surface area contributed by atoms with E-state index in [4.69, 9.17) is 0 Å². The summed E-state index contributed by atoms with van der Waals surface area (Å²) in [6, 6.07) is 4.05. The third-order valence-electron chi connectivity index (χ3n) is 1.98. The molecular weight excluding hydrogens is 146 g/mol. The van der Waals surface area contributed by atoms with Gasteiger partial charge in [0.1, 0.15) is 0 Å². The summed E-state index contributed by atoms with van der Waals surface area (Å²) in [5.74, 6) is 0.484. The molecule has 0 N–H and O–H groups in total. The van der Waals surface area contributed by atoms with E-state index >= 15 is 0 Å². The quantitative estimate of drug-likeness (QED) is 0.544. The van der Waals surface area contributed by atoms with Gasteiger partial charge < -0.3 is 0 Å². The van der Waals surface area contributed by atoms with Crippen LogP contribution in [0.1, 0.15) is 6.92 Å². The molecule has 1 aliphatic carbocycles. The zero-order chi connectivity index (χ0) is 8.39. The zero-order valence-corrected chi connectivity index (χ0v) is 7.07. The van der Waals surface area contributed by atoms with Crippen LogP contribution in [0.25, 0.3) is 12.2 Å². The predicted molar refractivity (Wildman–Crippen MR) is 50.7 cm³/mol. The van der Waals surface area contributed by atoms with Gasteiger partial charge in [0, 0.05) is 6.20 Å². The van der Waals surface area contributed by atoms with Crippen molar-refractivity contribution < 1.29 is 0 Å². The predicted octanol–water partition coefficient (Wildman–Crippen LogP) is 0.849. The molecule has 12 heavy (non-hydrogen) atoms. The lowest BCUT2D eigenvalue weighted by Gasteiger charge is -1.93. The van der Waals surface area contributed by atoms with Crippen LogP contribution < -0.4 is 10.6 Å². The summed E-state index contributed by atoms with van der Waals surface area (Å²) in [4.78, 5) is 4.30. The molecule has 0 saturated carbocycles. The molecule has 60 valence electrons. The van der Waals surface area contributed by atoms with E-state index in [2.05, 4.69) is 42.3 Å². The molecule has 0 saturated heterocycles. The van der Waals surface area contributed by atoms with Gasteiger partial charge in [-0.25, -0.2) is 0 Å². The molecule has 0 radical (unpaired) electrons. The first-order valence-corrected chi connectivity index (χ1v) is 4.18. The van der Waals surface area contributed by atoms with Gasteiger partial charge in [0.25, 0.3) is 0 Å². The molecule has 0 spiro atoms. The Morgan fingerprint density at radius 3 is 3.25 bits per heavy atom. The minimum atomic E-state index is 0.484. The normalized spacial score (nSPS) is 20.2. The summed E-state index contributed by atoms with van der Waals surface area (Å²) in [5, 5.41) is 2.30. The largest absolute Gasteiger partial charge is 0.257 e. The first kappa shape index (κ1) is 7.29. The van der Waals surface area contributed by atoms with Crippen molar-refractivity contribution in [3.8, 4) is 0 Å². The van der Waals surface area contributed by atoms with Crippen molar-refractivity contribution in [2.75, 3.05) is 0 Å². The Labute approximate surface area is 71.8 Å². The summed E-state index contributed by atoms with van der Waals surface area (Å²) in [5.41, 5.74) is 0. The first-order chi connectivity index (χ1) is 5.86. The molecule has 1 unspecified atom stereocenters. The van der Waals surface area contributed by atoms with Crippen LogP contribution in [0.5, 0.6) is 0 Å². The van der Waals surface area contributed by atoms with Gasteiger partial charge in [-0.3, -0.25) is 4.98 Å². The maximum atomic E-state index is 4.30. The van der Waals surface area contributed by atoms with Crippen LogP contribution in [0, 0.1) is 5.92 Å². The van der Waals surface area contributed by atoms with Crippen molar-refractivity contribution in [1.82, 2.24) is 4.98 Å². The monoisotopic (exact) mass is 157 g/mol. The van der Waals surface area contributed by atoms with Crippen molar-refractivity contribution in [1.29, 1.82) is 0 Å². The Morgan fingerprint density at radius 1 is 1.42 bits per heavy atom. The van der Waals surface area contributed by atoms with Crippen LogP contribution in [-0.4, -0.2) is 4.98 Å². The van der Waals surface area contributed by atoms with Gasteiger partial charge in [0.2, 0.25) is 0 Å². The number of hydrogen-bond donors (Lipinski definition) is 0. The van der Waals surface area contributed by atoms with Crippen molar-refractivity contribution in [3.05, 3.63) is 41.0 Å². The second-order valence-corrected chi connectivity index (χ2v) is 3.06. The second-order valence-electron chi connectivity index (χ2n) is 3.06. The second kappa shape index (κ2) is 2.94. The van der Waals surface area contributed by atoms with Crippen LogP contribution in [0.4, 0.5) is 0 Å². The molecule has 1 aromatic heterocycles. The highest BCUT2D eigenvalue weighted by Gasteiger charge is 1.94. The Balaban J connectivity index is 2.75. The molecule has 1 nitrogen and oxygen atoms in total. The average molecular weight is 157 g/mol. The molecule has 0 amide bonds. The standard InChI is InChI=1S/C11H11N/c1-9-4-2-5-10-6-3-7-12-11(10)8-9/h2-9H,1H3. The summed E-state index contributed by atoms with van der Waals surface area (Å²) >= 11 is 0. The van der Waals surface area contributed by atoms with E-state index in [9.17, 15) is 0 Å². The molecule has 1 heterocycles. The van der Waals surface area contributed by atoms with Crippen molar-refractivity contribution in [2.24, 2.45) is 5.92 Å². The molecule has 1 heteroatoms. The molecule has 0 fully saturated rings. The highest BCUT2D eigenvalue weighted by molar-refractivity contribution is 5.43. The van der Waals surface area contributed by atoms with Crippen molar-refractivity contribution >= 4 is 12.2 Å². The van der Waals surface area contributed by atoms with Crippen LogP contribution in [-0.2, 0) is 0 Å². The Bertz CT molecular complexity index is 415. The molecule has 1 atom stereocenters. The van der Waals surface area contributed by atoms with E-state index in [-0.39, 0.29) is 0 Å². The van der Waals surface area contributed by atoms with E-state index in [0.717, 1.165) is 5.35 Å². The fourth-order valence-electron chi connectivity index (χ4n) is 1.35. The Morgan fingerprint density at radius 2 is 2.33 bits per heavy atom. The fourth-order valence-corrected chi connectivity index (χ4v) is 1.35. The zero-order valence-electron chi connectivity index (χ0n) is 7.07. The third kappa shape index (κ3) is 1.30. The van der Waals surface area contributed by atoms with Crippen LogP contribution >= 0.6 is 0 Å². The highest BCUT2D eigenvalue weighted by Crippen LogP contribution is 1.99. The smallest absolute Gasteiger partial charge is 0.0667 e. The molecular formula is C11H11N. The molecule has 1 aromatic rings. The van der Waals surface area contributed by atoms with Gasteiger partial charge in [0.05, 0.1) is 5.35 Å². The maximum absolute atomic E-state index is 4.30. The molecule has 0 bridgehead atoms. The van der Waals surface area contributed by atoms with Gasteiger partial charge in [0.15, 0.2) is 0 Å². The van der Waals surface area contributed by atoms with Gasteiger partial charge in [-0.1, -0.05) is 37.3 Å². The number of rotatable bonds is 0. The topological polar surface area (TPSA) is 12.9 Å². The van der Waals surface area contributed by atoms with Crippen LogP contribution in [0.2, 0.25) is 0 Å². The van der Waals surface area contributed by atoms with Crippen LogP contribution in [0.3, 0.4) is 0 Å². The lowest BCUT2D eigenvalue weighted by atomic mass is 10.1. The minimum Gasteiger partial charge on any atom is -0.257 e. The number of nitrogens with zero attached hydrogens (tertiary/aromatic N) is 1. The Hall–Kier alpha value is -1.37. The van der Waals surface area contributed by atoms with E-state index < -0.39 is 0 Å². The van der Waals surface area contributed by atoms with Gasteiger partial charge in [-0.15, -0.1) is 0 Å². The number of allylic oxidation sites excluding steroid dienone is 2. The molecule has 0 aliphatic heterocycles. The average Bonchev–Trinajstić information content (AvgIpc) is 2.25. The number of pyridine rings is 1. The van der Waals surface area contributed by atoms with E-state index in [0.29, 0.717) is 5.92 Å². The van der Waals surface area contributed by atoms with Gasteiger partial charge >= 0.3 is 0 Å². The summed E-state index contributed by atoms with van der Waals surface area (Å²) in [7, 11) is 0. The summed E-state index contributed by atoms with van der Waals surface area (Å²) in [6.45, 7) is 2.16. The first-order valence-electron chi connectivity index (χ1n) is 4.18. The maximum Gasteiger partial charge on any atom is 0.0667 e. The van der Waals surface area contributed by atoms with Gasteiger partial charge in [-0.05, 0) is 17.2 Å². The fraction of sp³-hybridized carbons (Fsp3) is 0.182. The number of hydrogen-bond acceptors (Lipinski definition) is 1. The van der Waals surface area contributed by atoms with E-state index in [1.54, 1.807) is 0 Å². The summed E-state index contributed by atoms with van der Waals surface area (Å²) in [6.07, 6.45) is 10.4. The highest BCUT2D eigenvalue weighted by atomic mass is 14.6. The Kier molecular flexibility index (Phi) is 1.78. The van der Waals surface area contributed by atoms with Gasteiger partial charge in [-0.2, -0.15) is 0 Å². The van der Waals surface area contributed by atoms with Crippen molar-refractivity contribution in [3.63, 3.8) is 0 Å². The number of aromatic nitrogens is 1. The molecule has 0 aromatic carbocycles. The lowest BCUT2D eigenvalue weighted by molar-refractivity contribution is 0.988. The van der Waals surface area contributed by atoms with Crippen molar-refractivity contribution in [2.45, 2.75) is 6.92 Å². The molecule has 1 aliphatic rings. The molecule has 2 rings (SSSR count). The minimum absolute atomic E-state index is 0.484. The lowest BCUT2D eigenvalue weighted by Crippen LogP contribution is -2.27. The van der Waals surface area contributed by atoms with E-state index in [1.165, 1.54) is 5.22 Å².